The number of nitrogens with zero attached hydrogens (tertiary/aromatic N) is 2. The second-order valence-electron chi connectivity index (χ2n) is 4.20. The van der Waals surface area contributed by atoms with Crippen molar-refractivity contribution in [2.45, 2.75) is 24.3 Å². The number of aromatic nitrogens is 3. The van der Waals surface area contributed by atoms with Crippen molar-refractivity contribution in [3.05, 3.63) is 46.4 Å². The summed E-state index contributed by atoms with van der Waals surface area (Å²) in [5.74, 6) is -0.157. The molecule has 1 heterocycles. The van der Waals surface area contributed by atoms with Crippen LogP contribution in [-0.2, 0) is 4.79 Å². The van der Waals surface area contributed by atoms with Crippen LogP contribution in [0.1, 0.15) is 12.5 Å². The van der Waals surface area contributed by atoms with Crippen LogP contribution in [0.4, 0.5) is 5.69 Å². The normalized spacial score (nSPS) is 11.9. The first kappa shape index (κ1) is 14.3. The second kappa shape index (κ2) is 6.33. The molecule has 2 rings (SSSR count). The van der Waals surface area contributed by atoms with Crippen molar-refractivity contribution < 1.29 is 4.79 Å². The molecule has 0 bridgehead atoms. The third-order valence-electron chi connectivity index (χ3n) is 2.61. The van der Waals surface area contributed by atoms with Gasteiger partial charge in [0.2, 0.25) is 5.91 Å². The van der Waals surface area contributed by atoms with Crippen LogP contribution in [0, 0.1) is 6.92 Å². The SMILES string of the molecule is Cc1ccccc1NC(=O)[C@@H](C)Sc1nncc(=O)[nH]1. The van der Waals surface area contributed by atoms with E-state index in [1.165, 1.54) is 0 Å². The second-order valence-corrected chi connectivity index (χ2v) is 5.53. The highest BCUT2D eigenvalue weighted by Crippen LogP contribution is 2.20. The third kappa shape index (κ3) is 3.67. The van der Waals surface area contributed by atoms with Crippen LogP contribution in [0.25, 0.3) is 0 Å². The first-order valence-corrected chi connectivity index (χ1v) is 6.89. The Kier molecular flexibility index (Phi) is 4.52. The predicted molar refractivity (Wildman–Crippen MR) is 77.8 cm³/mol. The highest BCUT2D eigenvalue weighted by Gasteiger charge is 2.16. The number of carbonyl (C=O) groups excluding carboxylic acids is 1. The summed E-state index contributed by atoms with van der Waals surface area (Å²) >= 11 is 1.15. The summed E-state index contributed by atoms with van der Waals surface area (Å²) in [7, 11) is 0. The Morgan fingerprint density at radius 3 is 2.85 bits per heavy atom. The zero-order valence-corrected chi connectivity index (χ0v) is 11.9. The van der Waals surface area contributed by atoms with Gasteiger partial charge < -0.3 is 5.32 Å². The van der Waals surface area contributed by atoms with E-state index in [9.17, 15) is 9.59 Å². The Bertz CT molecular complexity index is 671. The highest BCUT2D eigenvalue weighted by atomic mass is 32.2. The number of anilines is 1. The Labute approximate surface area is 120 Å². The molecule has 0 aliphatic rings. The molecule has 20 heavy (non-hydrogen) atoms. The summed E-state index contributed by atoms with van der Waals surface area (Å²) in [6.07, 6.45) is 1.09. The Morgan fingerprint density at radius 1 is 1.40 bits per heavy atom. The van der Waals surface area contributed by atoms with Crippen molar-refractivity contribution in [2.24, 2.45) is 0 Å². The van der Waals surface area contributed by atoms with Gasteiger partial charge in [0.25, 0.3) is 5.56 Å². The fraction of sp³-hybridized carbons (Fsp3) is 0.231. The number of carbonyl (C=O) groups is 1. The maximum atomic E-state index is 12.1. The van der Waals surface area contributed by atoms with Crippen LogP contribution in [0.15, 0.2) is 40.4 Å². The van der Waals surface area contributed by atoms with E-state index in [2.05, 4.69) is 20.5 Å². The summed E-state index contributed by atoms with van der Waals surface area (Å²) in [6.45, 7) is 3.67. The summed E-state index contributed by atoms with van der Waals surface area (Å²) in [6, 6.07) is 7.54. The molecule has 0 aliphatic carbocycles. The van der Waals surface area contributed by atoms with Gasteiger partial charge in [0.1, 0.15) is 6.20 Å². The lowest BCUT2D eigenvalue weighted by molar-refractivity contribution is -0.115. The first-order chi connectivity index (χ1) is 9.56. The van der Waals surface area contributed by atoms with Crippen molar-refractivity contribution in [3.63, 3.8) is 0 Å². The number of para-hydroxylation sites is 1. The van der Waals surface area contributed by atoms with E-state index < -0.39 is 5.25 Å². The van der Waals surface area contributed by atoms with Crippen molar-refractivity contribution in [2.75, 3.05) is 5.32 Å². The fourth-order valence-corrected chi connectivity index (χ4v) is 2.27. The fourth-order valence-electron chi connectivity index (χ4n) is 1.52. The molecule has 104 valence electrons. The Balaban J connectivity index is 2.02. The summed E-state index contributed by atoms with van der Waals surface area (Å²) in [4.78, 5) is 25.7. The van der Waals surface area contributed by atoms with E-state index in [1.807, 2.05) is 31.2 Å². The van der Waals surface area contributed by atoms with Crippen LogP contribution >= 0.6 is 11.8 Å². The number of aryl methyl sites for hydroxylation is 1. The van der Waals surface area contributed by atoms with Crippen LogP contribution < -0.4 is 10.9 Å². The number of aromatic amines is 1. The van der Waals surface area contributed by atoms with Crippen LogP contribution in [-0.4, -0.2) is 26.3 Å². The van der Waals surface area contributed by atoms with Gasteiger partial charge >= 0.3 is 0 Å². The maximum absolute atomic E-state index is 12.1. The van der Waals surface area contributed by atoms with E-state index in [0.29, 0.717) is 5.16 Å². The number of thioether (sulfide) groups is 1. The van der Waals surface area contributed by atoms with E-state index in [1.54, 1.807) is 6.92 Å². The average molecular weight is 290 g/mol. The highest BCUT2D eigenvalue weighted by molar-refractivity contribution is 8.00. The van der Waals surface area contributed by atoms with Gasteiger partial charge in [-0.15, -0.1) is 5.10 Å². The Morgan fingerprint density at radius 2 is 2.15 bits per heavy atom. The molecule has 2 aromatic rings. The maximum Gasteiger partial charge on any atom is 0.270 e. The number of amides is 1. The molecule has 1 aromatic carbocycles. The van der Waals surface area contributed by atoms with E-state index >= 15 is 0 Å². The van der Waals surface area contributed by atoms with E-state index in [4.69, 9.17) is 0 Å². The predicted octanol–water partition coefficient (Wildman–Crippen LogP) is 1.59. The minimum atomic E-state index is -0.401. The van der Waals surface area contributed by atoms with Crippen LogP contribution in [0.2, 0.25) is 0 Å². The molecule has 6 nitrogen and oxygen atoms in total. The molecule has 7 heteroatoms. The first-order valence-electron chi connectivity index (χ1n) is 6.01. The molecule has 1 amide bonds. The van der Waals surface area contributed by atoms with E-state index in [-0.39, 0.29) is 11.5 Å². The molecule has 1 atom stereocenters. The lowest BCUT2D eigenvalue weighted by Crippen LogP contribution is -2.23. The smallest absolute Gasteiger partial charge is 0.270 e. The van der Waals surface area contributed by atoms with Gasteiger partial charge in [-0.1, -0.05) is 30.0 Å². The third-order valence-corrected chi connectivity index (χ3v) is 3.59. The molecule has 1 aromatic heterocycles. The monoisotopic (exact) mass is 290 g/mol. The van der Waals surface area contributed by atoms with Gasteiger partial charge in [-0.25, -0.2) is 0 Å². The molecule has 0 spiro atoms. The topological polar surface area (TPSA) is 87.7 Å². The zero-order chi connectivity index (χ0) is 14.5. The number of benzene rings is 1. The number of hydrogen-bond acceptors (Lipinski definition) is 5. The molecule has 0 radical (unpaired) electrons. The van der Waals surface area contributed by atoms with Gasteiger partial charge in [0, 0.05) is 5.69 Å². The van der Waals surface area contributed by atoms with Gasteiger partial charge in [-0.3, -0.25) is 14.6 Å². The average Bonchev–Trinajstić information content (AvgIpc) is 2.41. The standard InChI is InChI=1S/C13H14N4O2S/c1-8-5-3-4-6-10(8)15-12(19)9(2)20-13-16-11(18)7-14-17-13/h3-7,9H,1-2H3,(H,15,19)(H,16,17,18)/t9-/m1/s1. The lowest BCUT2D eigenvalue weighted by atomic mass is 10.2. The van der Waals surface area contributed by atoms with Crippen LogP contribution in [0.3, 0.4) is 0 Å². The van der Waals surface area contributed by atoms with Crippen LogP contribution in [0.5, 0.6) is 0 Å². The minimum Gasteiger partial charge on any atom is -0.325 e. The molecular weight excluding hydrogens is 276 g/mol. The summed E-state index contributed by atoms with van der Waals surface area (Å²) < 4.78 is 0. The van der Waals surface area contributed by atoms with Crippen molar-refractivity contribution in [1.82, 2.24) is 15.2 Å². The van der Waals surface area contributed by atoms with Gasteiger partial charge in [0.05, 0.1) is 5.25 Å². The molecule has 2 N–H and O–H groups in total. The number of hydrogen-bond donors (Lipinski definition) is 2. The van der Waals surface area contributed by atoms with Crippen molar-refractivity contribution >= 4 is 23.4 Å². The summed E-state index contributed by atoms with van der Waals surface area (Å²) in [5.41, 5.74) is 1.43. The molecule has 0 unspecified atom stereocenters. The number of rotatable bonds is 4. The van der Waals surface area contributed by atoms with Crippen molar-refractivity contribution in [1.29, 1.82) is 0 Å². The zero-order valence-electron chi connectivity index (χ0n) is 11.1. The molecule has 0 fully saturated rings. The number of H-pyrrole nitrogens is 1. The van der Waals surface area contributed by atoms with E-state index in [0.717, 1.165) is 29.2 Å². The lowest BCUT2D eigenvalue weighted by Gasteiger charge is -2.12. The number of nitrogens with one attached hydrogen (secondary N) is 2. The van der Waals surface area contributed by atoms with Gasteiger partial charge in [-0.2, -0.15) is 5.10 Å². The van der Waals surface area contributed by atoms with Crippen molar-refractivity contribution in [3.8, 4) is 0 Å². The molecule has 0 aliphatic heterocycles. The molecule has 0 saturated heterocycles. The molecule has 0 saturated carbocycles. The van der Waals surface area contributed by atoms with Gasteiger partial charge in [0.15, 0.2) is 5.16 Å². The molecular formula is C13H14N4O2S. The van der Waals surface area contributed by atoms with Gasteiger partial charge in [-0.05, 0) is 25.5 Å². The Hall–Kier alpha value is -2.15. The largest absolute Gasteiger partial charge is 0.325 e. The quantitative estimate of drug-likeness (QED) is 0.835. The minimum absolute atomic E-state index is 0.157. The summed E-state index contributed by atoms with van der Waals surface area (Å²) in [5, 5.41) is 10.1.